The minimum absolute atomic E-state index is 0.459. The molecule has 76 valence electrons. The smallest absolute Gasteiger partial charge is 0.0984 e. The monoisotopic (exact) mass is 191 g/mol. The van der Waals surface area contributed by atoms with E-state index in [1.54, 1.807) is 0 Å². The van der Waals surface area contributed by atoms with Crippen molar-refractivity contribution in [2.24, 2.45) is 0 Å². The molecule has 1 saturated heterocycles. The Kier molecular flexibility index (Phi) is 2.46. The van der Waals surface area contributed by atoms with Crippen LogP contribution in [0, 0.1) is 13.8 Å². The summed E-state index contributed by atoms with van der Waals surface area (Å²) in [6, 6.07) is 6.63. The highest BCUT2D eigenvalue weighted by molar-refractivity contribution is 5.50. The lowest BCUT2D eigenvalue weighted by molar-refractivity contribution is 0.410. The van der Waals surface area contributed by atoms with E-state index in [-0.39, 0.29) is 0 Å². The van der Waals surface area contributed by atoms with Crippen LogP contribution in [0.25, 0.3) is 0 Å². The first kappa shape index (κ1) is 9.53. The first-order valence-electron chi connectivity index (χ1n) is 5.06. The van der Waals surface area contributed by atoms with E-state index in [0.29, 0.717) is 6.10 Å². The average Bonchev–Trinajstić information content (AvgIpc) is 2.86. The molecule has 14 heavy (non-hydrogen) atoms. The van der Waals surface area contributed by atoms with Gasteiger partial charge in [0.25, 0.3) is 0 Å². The SMILES string of the molecule is Cc1cc(C)cc(N(C)C[C@@H]2CO2)c1. The van der Waals surface area contributed by atoms with E-state index in [2.05, 4.69) is 44.0 Å². The fraction of sp³-hybridized carbons (Fsp3) is 0.500. The summed E-state index contributed by atoms with van der Waals surface area (Å²) in [6.45, 7) is 6.20. The molecule has 2 heteroatoms. The summed E-state index contributed by atoms with van der Waals surface area (Å²) in [5.41, 5.74) is 3.94. The van der Waals surface area contributed by atoms with E-state index >= 15 is 0 Å². The van der Waals surface area contributed by atoms with E-state index in [0.717, 1.165) is 13.2 Å². The third-order valence-corrected chi connectivity index (χ3v) is 2.53. The summed E-state index contributed by atoms with van der Waals surface area (Å²) in [4.78, 5) is 2.26. The summed E-state index contributed by atoms with van der Waals surface area (Å²) >= 11 is 0. The number of hydrogen-bond acceptors (Lipinski definition) is 2. The van der Waals surface area contributed by atoms with Crippen molar-refractivity contribution in [1.82, 2.24) is 0 Å². The number of rotatable bonds is 3. The molecule has 1 heterocycles. The van der Waals surface area contributed by atoms with Gasteiger partial charge >= 0.3 is 0 Å². The van der Waals surface area contributed by atoms with E-state index in [1.165, 1.54) is 16.8 Å². The Bertz CT molecular complexity index is 311. The molecule has 1 aliphatic heterocycles. The Hall–Kier alpha value is -1.02. The van der Waals surface area contributed by atoms with Gasteiger partial charge in [-0.1, -0.05) is 6.07 Å². The minimum atomic E-state index is 0.459. The molecule has 0 spiro atoms. The van der Waals surface area contributed by atoms with Crippen molar-refractivity contribution in [3.63, 3.8) is 0 Å². The van der Waals surface area contributed by atoms with Gasteiger partial charge < -0.3 is 9.64 Å². The van der Waals surface area contributed by atoms with Gasteiger partial charge in [-0.2, -0.15) is 0 Å². The Balaban J connectivity index is 2.12. The summed E-state index contributed by atoms with van der Waals surface area (Å²) < 4.78 is 5.22. The first-order valence-corrected chi connectivity index (χ1v) is 5.06. The summed E-state index contributed by atoms with van der Waals surface area (Å²) in [5.74, 6) is 0. The molecular formula is C12H17NO. The van der Waals surface area contributed by atoms with E-state index in [4.69, 9.17) is 4.74 Å². The number of likely N-dealkylation sites (N-methyl/N-ethyl adjacent to an activating group) is 1. The highest BCUT2D eigenvalue weighted by Crippen LogP contribution is 2.20. The zero-order valence-corrected chi connectivity index (χ0v) is 9.08. The summed E-state index contributed by atoms with van der Waals surface area (Å²) in [5, 5.41) is 0. The third kappa shape index (κ3) is 2.26. The number of epoxide rings is 1. The van der Waals surface area contributed by atoms with Gasteiger partial charge in [-0.25, -0.2) is 0 Å². The van der Waals surface area contributed by atoms with Crippen LogP contribution in [0.15, 0.2) is 18.2 Å². The minimum Gasteiger partial charge on any atom is -0.372 e. The molecule has 1 aliphatic rings. The van der Waals surface area contributed by atoms with Crippen molar-refractivity contribution in [2.75, 3.05) is 25.1 Å². The van der Waals surface area contributed by atoms with Crippen LogP contribution in [0.2, 0.25) is 0 Å². The summed E-state index contributed by atoms with van der Waals surface area (Å²) in [6.07, 6.45) is 0.459. The molecule has 0 N–H and O–H groups in total. The van der Waals surface area contributed by atoms with Crippen LogP contribution in [0.4, 0.5) is 5.69 Å². The van der Waals surface area contributed by atoms with Gasteiger partial charge in [0.15, 0.2) is 0 Å². The van der Waals surface area contributed by atoms with Crippen LogP contribution in [-0.4, -0.2) is 26.3 Å². The number of hydrogen-bond donors (Lipinski definition) is 0. The highest BCUT2D eigenvalue weighted by Gasteiger charge is 2.24. The van der Waals surface area contributed by atoms with Crippen molar-refractivity contribution in [3.05, 3.63) is 29.3 Å². The number of ether oxygens (including phenoxy) is 1. The van der Waals surface area contributed by atoms with Crippen LogP contribution in [0.3, 0.4) is 0 Å². The van der Waals surface area contributed by atoms with Gasteiger partial charge in [0.05, 0.1) is 12.7 Å². The molecule has 2 nitrogen and oxygen atoms in total. The van der Waals surface area contributed by atoms with Crippen LogP contribution in [-0.2, 0) is 4.74 Å². The normalized spacial score (nSPS) is 19.5. The summed E-state index contributed by atoms with van der Waals surface area (Å²) in [7, 11) is 2.12. The van der Waals surface area contributed by atoms with E-state index in [1.807, 2.05) is 0 Å². The van der Waals surface area contributed by atoms with Crippen molar-refractivity contribution >= 4 is 5.69 Å². The van der Waals surface area contributed by atoms with Gasteiger partial charge in [-0.05, 0) is 37.1 Å². The van der Waals surface area contributed by atoms with Gasteiger partial charge in [0.1, 0.15) is 0 Å². The molecule has 1 fully saturated rings. The molecule has 0 unspecified atom stereocenters. The molecule has 0 amide bonds. The average molecular weight is 191 g/mol. The standard InChI is InChI=1S/C12H17NO/c1-9-4-10(2)6-11(5-9)13(3)7-12-8-14-12/h4-6,12H,7-8H2,1-3H3/t12-/m1/s1. The van der Waals surface area contributed by atoms with Crippen LogP contribution >= 0.6 is 0 Å². The second-order valence-corrected chi connectivity index (χ2v) is 4.18. The van der Waals surface area contributed by atoms with Gasteiger partial charge in [-0.3, -0.25) is 0 Å². The lowest BCUT2D eigenvalue weighted by atomic mass is 10.1. The highest BCUT2D eigenvalue weighted by atomic mass is 16.6. The van der Waals surface area contributed by atoms with E-state index in [9.17, 15) is 0 Å². The Morgan fingerprint density at radius 3 is 2.36 bits per heavy atom. The topological polar surface area (TPSA) is 15.8 Å². The largest absolute Gasteiger partial charge is 0.372 e. The molecule has 1 atom stereocenters. The molecule has 0 aliphatic carbocycles. The molecule has 0 saturated carbocycles. The maximum atomic E-state index is 5.22. The molecular weight excluding hydrogens is 174 g/mol. The predicted molar refractivity (Wildman–Crippen MR) is 58.9 cm³/mol. The number of benzene rings is 1. The van der Waals surface area contributed by atoms with Crippen molar-refractivity contribution in [3.8, 4) is 0 Å². The second-order valence-electron chi connectivity index (χ2n) is 4.18. The zero-order valence-electron chi connectivity index (χ0n) is 9.08. The Morgan fingerprint density at radius 1 is 1.29 bits per heavy atom. The van der Waals surface area contributed by atoms with E-state index < -0.39 is 0 Å². The first-order chi connectivity index (χ1) is 6.65. The van der Waals surface area contributed by atoms with Gasteiger partial charge in [0.2, 0.25) is 0 Å². The lowest BCUT2D eigenvalue weighted by Crippen LogP contribution is -2.22. The maximum Gasteiger partial charge on any atom is 0.0984 e. The van der Waals surface area contributed by atoms with Crippen LogP contribution < -0.4 is 4.90 Å². The van der Waals surface area contributed by atoms with Gasteiger partial charge in [0, 0.05) is 19.3 Å². The fourth-order valence-corrected chi connectivity index (χ4v) is 1.76. The zero-order chi connectivity index (χ0) is 10.1. The number of nitrogens with zero attached hydrogens (tertiary/aromatic N) is 1. The Morgan fingerprint density at radius 2 is 1.86 bits per heavy atom. The maximum absolute atomic E-state index is 5.22. The van der Waals surface area contributed by atoms with Crippen molar-refractivity contribution in [2.45, 2.75) is 20.0 Å². The molecule has 1 aromatic rings. The van der Waals surface area contributed by atoms with Crippen LogP contribution in [0.5, 0.6) is 0 Å². The Labute approximate surface area is 85.5 Å². The molecule has 1 aromatic carbocycles. The van der Waals surface area contributed by atoms with Crippen molar-refractivity contribution < 1.29 is 4.74 Å². The van der Waals surface area contributed by atoms with Gasteiger partial charge in [-0.15, -0.1) is 0 Å². The van der Waals surface area contributed by atoms with Crippen LogP contribution in [0.1, 0.15) is 11.1 Å². The number of aryl methyl sites for hydroxylation is 2. The molecule has 0 aromatic heterocycles. The third-order valence-electron chi connectivity index (χ3n) is 2.53. The lowest BCUT2D eigenvalue weighted by Gasteiger charge is -2.19. The molecule has 0 bridgehead atoms. The van der Waals surface area contributed by atoms with Crippen molar-refractivity contribution in [1.29, 1.82) is 0 Å². The quantitative estimate of drug-likeness (QED) is 0.680. The number of anilines is 1. The molecule has 2 rings (SSSR count). The predicted octanol–water partition coefficient (Wildman–Crippen LogP) is 2.14. The molecule has 0 radical (unpaired) electrons. The fourth-order valence-electron chi connectivity index (χ4n) is 1.76. The second kappa shape index (κ2) is 3.62.